The average Bonchev–Trinajstić information content (AvgIpc) is 2.93. The van der Waals surface area contributed by atoms with E-state index in [9.17, 15) is 14.4 Å². The predicted octanol–water partition coefficient (Wildman–Crippen LogP) is 1.83. The van der Waals surface area contributed by atoms with Crippen molar-refractivity contribution >= 4 is 17.8 Å². The molecule has 7 nitrogen and oxygen atoms in total. The first-order valence-corrected chi connectivity index (χ1v) is 8.70. The van der Waals surface area contributed by atoms with Crippen LogP contribution in [0.2, 0.25) is 0 Å². The summed E-state index contributed by atoms with van der Waals surface area (Å²) in [5.74, 6) is 0.133. The first-order chi connectivity index (χ1) is 13.1. The first kappa shape index (κ1) is 18.4. The number of carbonyl (C=O) groups is 3. The molecule has 1 aliphatic heterocycles. The van der Waals surface area contributed by atoms with Crippen molar-refractivity contribution in [1.82, 2.24) is 15.5 Å². The molecule has 1 heterocycles. The Bertz CT molecular complexity index is 831. The third-order valence-electron chi connectivity index (χ3n) is 4.37. The molecule has 27 heavy (non-hydrogen) atoms. The molecule has 0 saturated carbocycles. The number of nitrogens with zero attached hydrogens (tertiary/aromatic N) is 1. The Morgan fingerprint density at radius 2 is 1.52 bits per heavy atom. The number of para-hydroxylation sites is 1. The minimum atomic E-state index is -0.346. The lowest BCUT2D eigenvalue weighted by atomic mass is 10.1. The molecule has 0 radical (unpaired) electrons. The lowest BCUT2D eigenvalue weighted by molar-refractivity contribution is 0.0656. The summed E-state index contributed by atoms with van der Waals surface area (Å²) in [6.45, 7) is 0.761. The number of hydrogen-bond acceptors (Lipinski definition) is 4. The first-order valence-electron chi connectivity index (χ1n) is 8.70. The summed E-state index contributed by atoms with van der Waals surface area (Å²) in [4.78, 5) is 37.5. The van der Waals surface area contributed by atoms with E-state index in [4.69, 9.17) is 4.74 Å². The van der Waals surface area contributed by atoms with Gasteiger partial charge in [0.25, 0.3) is 11.8 Å². The number of fused-ring (bicyclic) bond motifs is 1. The summed E-state index contributed by atoms with van der Waals surface area (Å²) in [6, 6.07) is 14.0. The van der Waals surface area contributed by atoms with Gasteiger partial charge in [0.1, 0.15) is 5.75 Å². The molecule has 0 fully saturated rings. The molecule has 2 aromatic carbocycles. The summed E-state index contributed by atoms with van der Waals surface area (Å²) in [7, 11) is 1.61. The third-order valence-corrected chi connectivity index (χ3v) is 4.37. The van der Waals surface area contributed by atoms with Crippen molar-refractivity contribution in [3.05, 3.63) is 65.2 Å². The molecular weight excluding hydrogens is 346 g/mol. The summed E-state index contributed by atoms with van der Waals surface area (Å²) < 4.78 is 5.27. The van der Waals surface area contributed by atoms with Crippen LogP contribution in [0.4, 0.5) is 4.79 Å². The number of rotatable bonds is 7. The van der Waals surface area contributed by atoms with Crippen LogP contribution in [-0.2, 0) is 6.42 Å². The molecule has 0 unspecified atom stereocenters. The SMILES string of the molecule is COc1ccccc1CCNC(=O)NCCN1C(=O)c2ccccc2C1=O. The maximum Gasteiger partial charge on any atom is 0.314 e. The van der Waals surface area contributed by atoms with E-state index in [1.54, 1.807) is 31.4 Å². The van der Waals surface area contributed by atoms with Crippen LogP contribution in [0.1, 0.15) is 26.3 Å². The molecule has 0 saturated heterocycles. The van der Waals surface area contributed by atoms with Crippen LogP contribution in [0.5, 0.6) is 5.75 Å². The molecule has 7 heteroatoms. The zero-order valence-corrected chi connectivity index (χ0v) is 15.0. The number of benzene rings is 2. The average molecular weight is 367 g/mol. The van der Waals surface area contributed by atoms with Crippen molar-refractivity contribution in [3.8, 4) is 5.75 Å². The number of ether oxygens (including phenoxy) is 1. The maximum atomic E-state index is 12.2. The molecule has 140 valence electrons. The monoisotopic (exact) mass is 367 g/mol. The van der Waals surface area contributed by atoms with Gasteiger partial charge in [-0.05, 0) is 30.2 Å². The molecule has 4 amide bonds. The van der Waals surface area contributed by atoms with E-state index in [1.807, 2.05) is 24.3 Å². The molecule has 0 spiro atoms. The maximum absolute atomic E-state index is 12.2. The number of amides is 4. The standard InChI is InChI=1S/C20H21N3O4/c1-27-17-9-5-2-6-14(17)10-11-21-20(26)22-12-13-23-18(24)15-7-3-4-8-16(15)19(23)25/h2-9H,10-13H2,1H3,(H2,21,22,26). The van der Waals surface area contributed by atoms with E-state index in [-0.39, 0.29) is 30.9 Å². The Kier molecular flexibility index (Phi) is 5.71. The van der Waals surface area contributed by atoms with E-state index in [0.717, 1.165) is 16.2 Å². The zero-order chi connectivity index (χ0) is 19.2. The lowest BCUT2D eigenvalue weighted by Gasteiger charge is -2.14. The second-order valence-electron chi connectivity index (χ2n) is 6.05. The van der Waals surface area contributed by atoms with Gasteiger partial charge in [-0.1, -0.05) is 30.3 Å². The van der Waals surface area contributed by atoms with E-state index in [1.165, 1.54) is 0 Å². The Morgan fingerprint density at radius 3 is 2.19 bits per heavy atom. The lowest BCUT2D eigenvalue weighted by Crippen LogP contribution is -2.42. The third kappa shape index (κ3) is 4.08. The van der Waals surface area contributed by atoms with E-state index in [2.05, 4.69) is 10.6 Å². The second-order valence-corrected chi connectivity index (χ2v) is 6.05. The molecule has 2 N–H and O–H groups in total. The van der Waals surface area contributed by atoms with Gasteiger partial charge in [0.05, 0.1) is 18.2 Å². The summed E-state index contributed by atoms with van der Waals surface area (Å²) in [6.07, 6.45) is 0.635. The topological polar surface area (TPSA) is 87.7 Å². The highest BCUT2D eigenvalue weighted by Crippen LogP contribution is 2.21. The molecule has 0 atom stereocenters. The van der Waals surface area contributed by atoms with Crippen LogP contribution in [0.25, 0.3) is 0 Å². The summed E-state index contributed by atoms with van der Waals surface area (Å²) in [5, 5.41) is 5.42. The van der Waals surface area contributed by atoms with Crippen molar-refractivity contribution in [2.24, 2.45) is 0 Å². The number of urea groups is 1. The zero-order valence-electron chi connectivity index (χ0n) is 15.0. The van der Waals surface area contributed by atoms with Gasteiger partial charge in [0, 0.05) is 19.6 Å². The van der Waals surface area contributed by atoms with Crippen molar-refractivity contribution in [2.75, 3.05) is 26.7 Å². The molecule has 2 aromatic rings. The quantitative estimate of drug-likeness (QED) is 0.731. The fourth-order valence-corrected chi connectivity index (χ4v) is 3.01. The largest absolute Gasteiger partial charge is 0.496 e. The highest BCUT2D eigenvalue weighted by atomic mass is 16.5. The summed E-state index contributed by atoms with van der Waals surface area (Å²) in [5.41, 5.74) is 1.82. The second kappa shape index (κ2) is 8.35. The minimum absolute atomic E-state index is 0.131. The van der Waals surface area contributed by atoms with Crippen LogP contribution in [0, 0.1) is 0 Å². The Hall–Kier alpha value is -3.35. The van der Waals surface area contributed by atoms with Gasteiger partial charge in [-0.2, -0.15) is 0 Å². The minimum Gasteiger partial charge on any atom is -0.496 e. The van der Waals surface area contributed by atoms with E-state index < -0.39 is 0 Å². The summed E-state index contributed by atoms with van der Waals surface area (Å²) >= 11 is 0. The Balaban J connectivity index is 1.42. The normalized spacial score (nSPS) is 12.7. The van der Waals surface area contributed by atoms with E-state index in [0.29, 0.717) is 24.1 Å². The van der Waals surface area contributed by atoms with Crippen LogP contribution in [0.15, 0.2) is 48.5 Å². The van der Waals surface area contributed by atoms with Gasteiger partial charge in [-0.15, -0.1) is 0 Å². The number of nitrogens with one attached hydrogen (secondary N) is 2. The van der Waals surface area contributed by atoms with E-state index >= 15 is 0 Å². The Labute approximate surface area is 157 Å². The van der Waals surface area contributed by atoms with Gasteiger partial charge in [0.2, 0.25) is 0 Å². The Morgan fingerprint density at radius 1 is 0.926 bits per heavy atom. The van der Waals surface area contributed by atoms with Crippen LogP contribution >= 0.6 is 0 Å². The molecule has 1 aliphatic rings. The number of methoxy groups -OCH3 is 1. The van der Waals surface area contributed by atoms with Gasteiger partial charge < -0.3 is 15.4 Å². The van der Waals surface area contributed by atoms with Crippen LogP contribution < -0.4 is 15.4 Å². The number of carbonyl (C=O) groups excluding carboxylic acids is 3. The molecule has 0 bridgehead atoms. The van der Waals surface area contributed by atoms with Gasteiger partial charge in [-0.3, -0.25) is 14.5 Å². The highest BCUT2D eigenvalue weighted by Gasteiger charge is 2.34. The van der Waals surface area contributed by atoms with Crippen molar-refractivity contribution in [1.29, 1.82) is 0 Å². The van der Waals surface area contributed by atoms with Crippen molar-refractivity contribution in [2.45, 2.75) is 6.42 Å². The number of imide groups is 1. The van der Waals surface area contributed by atoms with Crippen molar-refractivity contribution in [3.63, 3.8) is 0 Å². The van der Waals surface area contributed by atoms with Crippen LogP contribution in [-0.4, -0.2) is 49.5 Å². The van der Waals surface area contributed by atoms with Gasteiger partial charge in [0.15, 0.2) is 0 Å². The molecule has 0 aliphatic carbocycles. The molecule has 3 rings (SSSR count). The van der Waals surface area contributed by atoms with Crippen LogP contribution in [0.3, 0.4) is 0 Å². The van der Waals surface area contributed by atoms with Gasteiger partial charge in [-0.25, -0.2) is 4.79 Å². The fourth-order valence-electron chi connectivity index (χ4n) is 3.01. The predicted molar refractivity (Wildman–Crippen MR) is 99.9 cm³/mol. The smallest absolute Gasteiger partial charge is 0.314 e. The highest BCUT2D eigenvalue weighted by molar-refractivity contribution is 6.21. The number of hydrogen-bond donors (Lipinski definition) is 2. The van der Waals surface area contributed by atoms with Gasteiger partial charge >= 0.3 is 6.03 Å². The molecular formula is C20H21N3O4. The van der Waals surface area contributed by atoms with Crippen molar-refractivity contribution < 1.29 is 19.1 Å². The molecule has 0 aromatic heterocycles. The fraction of sp³-hybridized carbons (Fsp3) is 0.250.